The third kappa shape index (κ3) is 6.76. The van der Waals surface area contributed by atoms with Gasteiger partial charge in [-0.15, -0.1) is 5.14 Å². The van der Waals surface area contributed by atoms with Crippen LogP contribution in [0.25, 0.3) is 0 Å². The summed E-state index contributed by atoms with van der Waals surface area (Å²) in [6, 6.07) is 6.59. The van der Waals surface area contributed by atoms with Crippen molar-refractivity contribution in [3.8, 4) is 5.75 Å². The van der Waals surface area contributed by atoms with Crippen LogP contribution in [-0.2, 0) is 11.5 Å². The number of anilines is 1. The minimum absolute atomic E-state index is 0.0363. The number of carbonyl (C=O) groups is 1. The predicted molar refractivity (Wildman–Crippen MR) is 135 cm³/mol. The van der Waals surface area contributed by atoms with Crippen molar-refractivity contribution in [2.45, 2.75) is 33.7 Å². The van der Waals surface area contributed by atoms with Gasteiger partial charge in [-0.2, -0.15) is 0 Å². The average molecular weight is 540 g/mol. The Balaban J connectivity index is 2.42. The van der Waals surface area contributed by atoms with E-state index in [0.717, 1.165) is 5.76 Å². The van der Waals surface area contributed by atoms with Gasteiger partial charge in [-0.3, -0.25) is 4.79 Å². The molecule has 0 aliphatic carbocycles. The first kappa shape index (κ1) is 26.8. The number of aryl methyl sites for hydroxylation is 1. The normalized spacial score (nSPS) is 13.9. The van der Waals surface area contributed by atoms with E-state index in [2.05, 4.69) is 37.5 Å². The average Bonchev–Trinajstić information content (AvgIpc) is 3.11. The molecule has 2 rings (SSSR count). The van der Waals surface area contributed by atoms with Crippen molar-refractivity contribution in [2.24, 2.45) is 15.0 Å². The highest BCUT2D eigenvalue weighted by molar-refractivity contribution is 9.10. The van der Waals surface area contributed by atoms with Gasteiger partial charge in [0.2, 0.25) is 5.84 Å². The SMILES string of the molecule is C=C(N[C@@H](c1ccc(C)o1)C(C)(C)C)/C(=N\[S+](N)[O-])Nc1ccc(Br)c(C(=O)N(C)C)c1O. The Bertz CT molecular complexity index is 1060. The number of nitrogens with two attached hydrogens (primary N) is 1. The van der Waals surface area contributed by atoms with E-state index < -0.39 is 17.5 Å². The van der Waals surface area contributed by atoms with Gasteiger partial charge in [0.05, 0.1) is 23.0 Å². The zero-order valence-electron chi connectivity index (χ0n) is 19.5. The van der Waals surface area contributed by atoms with Crippen molar-refractivity contribution < 1.29 is 18.9 Å². The summed E-state index contributed by atoms with van der Waals surface area (Å²) in [4.78, 5) is 13.9. The van der Waals surface area contributed by atoms with Crippen LogP contribution in [0.2, 0.25) is 0 Å². The number of aromatic hydroxyl groups is 1. The summed E-state index contributed by atoms with van der Waals surface area (Å²) in [5, 5.41) is 22.4. The van der Waals surface area contributed by atoms with Crippen LogP contribution in [0.15, 0.2) is 49.8 Å². The van der Waals surface area contributed by atoms with Crippen LogP contribution >= 0.6 is 15.9 Å². The standard InChI is InChI=1S/C22H30BrN5O4S/c1-12-8-11-16(32-12)19(22(3,4)5)25-13(2)20(27-33(24)31)26-15-10-9-14(23)17(18(15)29)21(30)28(6)7/h8-11,19,25,29H,2,24H2,1,3-7H3,(H,26,27)/t19-,33?/m0/s1. The lowest BCUT2D eigenvalue weighted by atomic mass is 9.85. The minimum atomic E-state index is -2.06. The smallest absolute Gasteiger partial charge is 0.258 e. The van der Waals surface area contributed by atoms with Crippen LogP contribution < -0.4 is 15.8 Å². The topological polar surface area (TPSA) is 139 Å². The molecule has 33 heavy (non-hydrogen) atoms. The molecule has 0 radical (unpaired) electrons. The molecule has 5 N–H and O–H groups in total. The molecule has 0 saturated heterocycles. The molecule has 0 saturated carbocycles. The third-order valence-corrected chi connectivity index (χ3v) is 5.72. The first-order chi connectivity index (χ1) is 15.2. The van der Waals surface area contributed by atoms with Crippen molar-refractivity contribution >= 4 is 44.9 Å². The van der Waals surface area contributed by atoms with Gasteiger partial charge >= 0.3 is 0 Å². The van der Waals surface area contributed by atoms with Crippen molar-refractivity contribution in [1.29, 1.82) is 0 Å². The van der Waals surface area contributed by atoms with Crippen LogP contribution in [-0.4, -0.2) is 40.4 Å². The number of amidine groups is 1. The second-order valence-electron chi connectivity index (χ2n) is 8.73. The van der Waals surface area contributed by atoms with E-state index in [1.165, 1.54) is 4.90 Å². The molecule has 9 nitrogen and oxygen atoms in total. The molecule has 0 aliphatic heterocycles. The number of carbonyl (C=O) groups excluding carboxylic acids is 1. The van der Waals surface area contributed by atoms with E-state index >= 15 is 0 Å². The number of halogens is 1. The van der Waals surface area contributed by atoms with E-state index in [4.69, 9.17) is 9.56 Å². The molecule has 0 fully saturated rings. The van der Waals surface area contributed by atoms with Crippen molar-refractivity contribution in [3.63, 3.8) is 0 Å². The van der Waals surface area contributed by atoms with Crippen LogP contribution in [0.5, 0.6) is 5.75 Å². The maximum absolute atomic E-state index is 12.5. The summed E-state index contributed by atoms with van der Waals surface area (Å²) in [7, 11) is 3.15. The molecule has 0 spiro atoms. The van der Waals surface area contributed by atoms with E-state index in [0.29, 0.717) is 10.2 Å². The Kier molecular flexibility index (Phi) is 8.63. The first-order valence-corrected chi connectivity index (χ1v) is 12.0. The molecular formula is C22H30BrN5O4S. The van der Waals surface area contributed by atoms with E-state index in [1.54, 1.807) is 26.2 Å². The maximum Gasteiger partial charge on any atom is 0.258 e. The number of rotatable bonds is 7. The van der Waals surface area contributed by atoms with E-state index in [9.17, 15) is 14.5 Å². The van der Waals surface area contributed by atoms with Gasteiger partial charge in [0.1, 0.15) is 11.5 Å². The van der Waals surface area contributed by atoms with Crippen LogP contribution in [0.3, 0.4) is 0 Å². The fourth-order valence-corrected chi connectivity index (χ4v) is 3.86. The lowest BCUT2D eigenvalue weighted by molar-refractivity contribution is 0.0824. The number of nitrogens with one attached hydrogen (secondary N) is 2. The quantitative estimate of drug-likeness (QED) is 0.180. The summed E-state index contributed by atoms with van der Waals surface area (Å²) in [5.74, 6) is 0.788. The summed E-state index contributed by atoms with van der Waals surface area (Å²) in [6.07, 6.45) is 0. The van der Waals surface area contributed by atoms with E-state index in [1.807, 2.05) is 39.8 Å². The second-order valence-corrected chi connectivity index (χ2v) is 10.3. The molecule has 0 bridgehead atoms. The number of phenols is 1. The molecule has 1 heterocycles. The molecule has 1 aromatic heterocycles. The Morgan fingerprint density at radius 1 is 1.33 bits per heavy atom. The van der Waals surface area contributed by atoms with Crippen molar-refractivity contribution in [3.05, 3.63) is 58.1 Å². The molecule has 2 atom stereocenters. The van der Waals surface area contributed by atoms with Crippen LogP contribution in [0, 0.1) is 12.3 Å². The number of amides is 1. The fourth-order valence-electron chi connectivity index (χ4n) is 3.03. The lowest BCUT2D eigenvalue weighted by Crippen LogP contribution is -2.36. The highest BCUT2D eigenvalue weighted by atomic mass is 79.9. The molecule has 1 unspecified atom stereocenters. The zero-order chi connectivity index (χ0) is 25.1. The van der Waals surface area contributed by atoms with Gasteiger partial charge in [-0.05, 0) is 56.9 Å². The second kappa shape index (κ2) is 10.6. The monoisotopic (exact) mass is 539 g/mol. The third-order valence-electron chi connectivity index (χ3n) is 4.70. The van der Waals surface area contributed by atoms with Gasteiger partial charge in [-0.25, -0.2) is 0 Å². The van der Waals surface area contributed by atoms with Crippen molar-refractivity contribution in [2.75, 3.05) is 19.4 Å². The van der Waals surface area contributed by atoms with Crippen LogP contribution in [0.1, 0.15) is 48.7 Å². The Morgan fingerprint density at radius 3 is 2.45 bits per heavy atom. The molecule has 180 valence electrons. The van der Waals surface area contributed by atoms with Gasteiger partial charge in [0.15, 0.2) is 17.3 Å². The van der Waals surface area contributed by atoms with Gasteiger partial charge in [0.25, 0.3) is 5.91 Å². The molecule has 0 aliphatic rings. The summed E-state index contributed by atoms with van der Waals surface area (Å²) >= 11 is 1.23. The zero-order valence-corrected chi connectivity index (χ0v) is 21.9. The van der Waals surface area contributed by atoms with Crippen LogP contribution in [0.4, 0.5) is 5.69 Å². The fraction of sp³-hybridized carbons (Fsp3) is 0.364. The summed E-state index contributed by atoms with van der Waals surface area (Å²) < 4.78 is 21.9. The molecule has 2 aromatic rings. The maximum atomic E-state index is 12.5. The number of furan rings is 1. The molecule has 1 amide bonds. The number of benzene rings is 1. The highest BCUT2D eigenvalue weighted by Crippen LogP contribution is 2.36. The van der Waals surface area contributed by atoms with Gasteiger partial charge in [-0.1, -0.05) is 27.4 Å². The highest BCUT2D eigenvalue weighted by Gasteiger charge is 2.31. The lowest BCUT2D eigenvalue weighted by Gasteiger charge is -2.31. The number of hydrogen-bond donors (Lipinski definition) is 4. The Hall–Kier alpha value is -2.47. The first-order valence-electron chi connectivity index (χ1n) is 9.99. The largest absolute Gasteiger partial charge is 0.572 e. The summed E-state index contributed by atoms with van der Waals surface area (Å²) in [5.41, 5.74) is 0.211. The van der Waals surface area contributed by atoms with Crippen molar-refractivity contribution in [1.82, 2.24) is 10.2 Å². The molecule has 1 aromatic carbocycles. The summed E-state index contributed by atoms with van der Waals surface area (Å²) in [6.45, 7) is 12.0. The number of hydrogen-bond acceptors (Lipinski definition) is 7. The van der Waals surface area contributed by atoms with E-state index in [-0.39, 0.29) is 40.0 Å². The minimum Gasteiger partial charge on any atom is -0.572 e. The number of nitrogens with zero attached hydrogens (tertiary/aromatic N) is 2. The Labute approximate surface area is 205 Å². The van der Waals surface area contributed by atoms with Gasteiger partial charge in [0, 0.05) is 18.6 Å². The Morgan fingerprint density at radius 2 is 1.97 bits per heavy atom. The predicted octanol–water partition coefficient (Wildman–Crippen LogP) is 4.00. The number of phenolic OH excluding ortho intramolecular Hbond substituents is 1. The molecular weight excluding hydrogens is 510 g/mol. The molecule has 11 heteroatoms. The van der Waals surface area contributed by atoms with Gasteiger partial charge < -0.3 is 29.6 Å².